The van der Waals surface area contributed by atoms with Gasteiger partial charge in [-0.2, -0.15) is 0 Å². The normalized spacial score (nSPS) is 49.3. The molecule has 0 spiro atoms. The van der Waals surface area contributed by atoms with E-state index in [4.69, 9.17) is 0 Å². The average Bonchev–Trinajstić information content (AvgIpc) is 2.29. The number of allylic oxidation sites excluding steroid dienone is 1. The summed E-state index contributed by atoms with van der Waals surface area (Å²) in [6, 6.07) is 0. The molecule has 0 amide bonds. The molecule has 2 rings (SSSR count). The van der Waals surface area contributed by atoms with Crippen molar-refractivity contribution in [1.29, 1.82) is 0 Å². The average molecular weight is 154 g/mol. The molecule has 0 heterocycles. The van der Waals surface area contributed by atoms with Crippen LogP contribution in [0, 0.1) is 5.92 Å². The number of aliphatic hydroxyl groups is 2. The van der Waals surface area contributed by atoms with Crippen LogP contribution in [0.4, 0.5) is 0 Å². The van der Waals surface area contributed by atoms with Crippen LogP contribution in [0.1, 0.15) is 25.7 Å². The van der Waals surface area contributed by atoms with Crippen molar-refractivity contribution in [3.8, 4) is 0 Å². The molecular weight excluding hydrogens is 140 g/mol. The Hall–Kier alpha value is -0.340. The van der Waals surface area contributed by atoms with Crippen molar-refractivity contribution in [1.82, 2.24) is 0 Å². The van der Waals surface area contributed by atoms with Crippen molar-refractivity contribution in [2.45, 2.75) is 37.4 Å². The molecule has 2 heteroatoms. The minimum absolute atomic E-state index is 0.308. The first kappa shape index (κ1) is 7.32. The Morgan fingerprint density at radius 1 is 1.27 bits per heavy atom. The first-order valence-electron chi connectivity index (χ1n) is 4.29. The van der Waals surface area contributed by atoms with Crippen LogP contribution < -0.4 is 0 Å². The van der Waals surface area contributed by atoms with Crippen LogP contribution in [-0.2, 0) is 0 Å². The lowest BCUT2D eigenvalue weighted by Crippen LogP contribution is -2.43. The van der Waals surface area contributed by atoms with Gasteiger partial charge in [-0.15, -0.1) is 0 Å². The standard InChI is InChI=1S/C9H14O2/c10-8-5-4-7-3-1-2-6-9(7,8)11/h1-2,7-8,10-11H,3-6H2/t7-,8+,9-/m1/s1. The lowest BCUT2D eigenvalue weighted by Gasteiger charge is -2.33. The summed E-state index contributed by atoms with van der Waals surface area (Å²) < 4.78 is 0. The summed E-state index contributed by atoms with van der Waals surface area (Å²) >= 11 is 0. The Kier molecular flexibility index (Phi) is 1.55. The maximum Gasteiger partial charge on any atom is 0.0970 e. The van der Waals surface area contributed by atoms with Crippen LogP contribution in [0.2, 0.25) is 0 Å². The number of aliphatic hydroxyl groups excluding tert-OH is 1. The molecule has 3 atom stereocenters. The molecular formula is C9H14O2. The van der Waals surface area contributed by atoms with Crippen LogP contribution in [0.15, 0.2) is 12.2 Å². The number of fused-ring (bicyclic) bond motifs is 1. The molecule has 0 aromatic rings. The molecule has 2 aliphatic carbocycles. The molecule has 2 nitrogen and oxygen atoms in total. The lowest BCUT2D eigenvalue weighted by atomic mass is 9.80. The summed E-state index contributed by atoms with van der Waals surface area (Å²) in [5.41, 5.74) is -0.783. The van der Waals surface area contributed by atoms with Crippen molar-refractivity contribution in [2.75, 3.05) is 0 Å². The molecule has 2 aliphatic rings. The van der Waals surface area contributed by atoms with E-state index in [9.17, 15) is 10.2 Å². The van der Waals surface area contributed by atoms with E-state index in [0.29, 0.717) is 12.3 Å². The number of hydrogen-bond acceptors (Lipinski definition) is 2. The molecule has 1 fully saturated rings. The quantitative estimate of drug-likeness (QED) is 0.507. The summed E-state index contributed by atoms with van der Waals surface area (Å²) in [5.74, 6) is 0.308. The van der Waals surface area contributed by atoms with Crippen molar-refractivity contribution < 1.29 is 10.2 Å². The molecule has 2 N–H and O–H groups in total. The topological polar surface area (TPSA) is 40.5 Å². The highest BCUT2D eigenvalue weighted by Gasteiger charge is 2.47. The Morgan fingerprint density at radius 3 is 2.82 bits per heavy atom. The number of rotatable bonds is 0. The van der Waals surface area contributed by atoms with Crippen LogP contribution in [0.5, 0.6) is 0 Å². The zero-order valence-electron chi connectivity index (χ0n) is 6.53. The molecule has 1 saturated carbocycles. The van der Waals surface area contributed by atoms with Gasteiger partial charge in [0.15, 0.2) is 0 Å². The summed E-state index contributed by atoms with van der Waals surface area (Å²) in [5, 5.41) is 19.5. The van der Waals surface area contributed by atoms with Gasteiger partial charge < -0.3 is 10.2 Å². The van der Waals surface area contributed by atoms with E-state index in [2.05, 4.69) is 6.08 Å². The van der Waals surface area contributed by atoms with Gasteiger partial charge in [-0.3, -0.25) is 0 Å². The fourth-order valence-electron chi connectivity index (χ4n) is 2.29. The third-order valence-corrected chi connectivity index (χ3v) is 3.10. The highest BCUT2D eigenvalue weighted by molar-refractivity contribution is 5.09. The van der Waals surface area contributed by atoms with Crippen molar-refractivity contribution >= 4 is 0 Å². The van der Waals surface area contributed by atoms with Gasteiger partial charge in [0.05, 0.1) is 11.7 Å². The third kappa shape index (κ3) is 0.932. The smallest absolute Gasteiger partial charge is 0.0970 e. The second-order valence-electron chi connectivity index (χ2n) is 3.69. The predicted octanol–water partition coefficient (Wildman–Crippen LogP) is 0.838. The predicted molar refractivity (Wildman–Crippen MR) is 42.1 cm³/mol. The monoisotopic (exact) mass is 154 g/mol. The van der Waals surface area contributed by atoms with Crippen molar-refractivity contribution in [3.05, 3.63) is 12.2 Å². The van der Waals surface area contributed by atoms with Crippen molar-refractivity contribution in [3.63, 3.8) is 0 Å². The van der Waals surface area contributed by atoms with Gasteiger partial charge in [0.25, 0.3) is 0 Å². The van der Waals surface area contributed by atoms with Gasteiger partial charge in [-0.25, -0.2) is 0 Å². The van der Waals surface area contributed by atoms with Crippen LogP contribution >= 0.6 is 0 Å². The van der Waals surface area contributed by atoms with E-state index >= 15 is 0 Å². The second-order valence-corrected chi connectivity index (χ2v) is 3.69. The third-order valence-electron chi connectivity index (χ3n) is 3.10. The molecule has 11 heavy (non-hydrogen) atoms. The van der Waals surface area contributed by atoms with Gasteiger partial charge in [0, 0.05) is 0 Å². The second kappa shape index (κ2) is 2.32. The first-order valence-corrected chi connectivity index (χ1v) is 4.29. The zero-order chi connectivity index (χ0) is 7.90. The molecule has 0 saturated heterocycles. The highest BCUT2D eigenvalue weighted by atomic mass is 16.3. The molecule has 62 valence electrons. The van der Waals surface area contributed by atoms with E-state index in [1.54, 1.807) is 0 Å². The lowest BCUT2D eigenvalue weighted by molar-refractivity contribution is -0.0806. The highest BCUT2D eigenvalue weighted by Crippen LogP contribution is 2.43. The molecule has 0 aliphatic heterocycles. The van der Waals surface area contributed by atoms with Crippen LogP contribution in [-0.4, -0.2) is 21.9 Å². The fourth-order valence-corrected chi connectivity index (χ4v) is 2.29. The van der Waals surface area contributed by atoms with Gasteiger partial charge in [-0.05, 0) is 31.6 Å². The zero-order valence-corrected chi connectivity index (χ0v) is 6.53. The minimum Gasteiger partial charge on any atom is -0.390 e. The van der Waals surface area contributed by atoms with E-state index in [-0.39, 0.29) is 0 Å². The minimum atomic E-state index is -0.783. The van der Waals surface area contributed by atoms with Gasteiger partial charge in [-0.1, -0.05) is 12.2 Å². The molecule has 0 aromatic carbocycles. The summed E-state index contributed by atoms with van der Waals surface area (Å²) in [6.07, 6.45) is 6.91. The van der Waals surface area contributed by atoms with Gasteiger partial charge in [0.2, 0.25) is 0 Å². The summed E-state index contributed by atoms with van der Waals surface area (Å²) in [4.78, 5) is 0. The van der Waals surface area contributed by atoms with Crippen molar-refractivity contribution in [2.24, 2.45) is 5.92 Å². The van der Waals surface area contributed by atoms with E-state index < -0.39 is 11.7 Å². The van der Waals surface area contributed by atoms with Crippen LogP contribution in [0.25, 0.3) is 0 Å². The summed E-state index contributed by atoms with van der Waals surface area (Å²) in [7, 11) is 0. The van der Waals surface area contributed by atoms with Crippen LogP contribution in [0.3, 0.4) is 0 Å². The van der Waals surface area contributed by atoms with Gasteiger partial charge in [0.1, 0.15) is 0 Å². The van der Waals surface area contributed by atoms with E-state index in [0.717, 1.165) is 19.3 Å². The molecule has 0 unspecified atom stereocenters. The fraction of sp³-hybridized carbons (Fsp3) is 0.778. The Balaban J connectivity index is 2.24. The summed E-state index contributed by atoms with van der Waals surface area (Å²) in [6.45, 7) is 0. The maximum atomic E-state index is 9.98. The molecule has 0 radical (unpaired) electrons. The van der Waals surface area contributed by atoms with E-state index in [1.165, 1.54) is 0 Å². The maximum absolute atomic E-state index is 9.98. The Labute approximate surface area is 66.5 Å². The number of hydrogen-bond donors (Lipinski definition) is 2. The largest absolute Gasteiger partial charge is 0.390 e. The Morgan fingerprint density at radius 2 is 2.09 bits per heavy atom. The Bertz CT molecular complexity index is 188. The molecule has 0 bridgehead atoms. The molecule has 0 aromatic heterocycles. The first-order chi connectivity index (χ1) is 5.23. The van der Waals surface area contributed by atoms with Gasteiger partial charge >= 0.3 is 0 Å². The SMILES string of the molecule is O[C@H]1CC[C@H]2CC=CC[C@@]21O. The van der Waals surface area contributed by atoms with E-state index in [1.807, 2.05) is 6.08 Å².